The van der Waals surface area contributed by atoms with Crippen LogP contribution in [0.2, 0.25) is 0 Å². The van der Waals surface area contributed by atoms with Crippen LogP contribution < -0.4 is 4.90 Å². The van der Waals surface area contributed by atoms with Gasteiger partial charge >= 0.3 is 0 Å². The van der Waals surface area contributed by atoms with Crippen molar-refractivity contribution < 1.29 is 13.2 Å². The zero-order valence-corrected chi connectivity index (χ0v) is 14.4. The first-order valence-electron chi connectivity index (χ1n) is 8.33. The third-order valence-corrected chi connectivity index (χ3v) is 6.64. The first-order chi connectivity index (χ1) is 11.0. The van der Waals surface area contributed by atoms with E-state index in [-0.39, 0.29) is 23.5 Å². The highest BCUT2D eigenvalue weighted by Gasteiger charge is 2.33. The molecule has 126 valence electrons. The molecule has 0 radical (unpaired) electrons. The van der Waals surface area contributed by atoms with E-state index in [1.807, 2.05) is 19.1 Å². The van der Waals surface area contributed by atoms with Gasteiger partial charge in [0.25, 0.3) is 0 Å². The first-order valence-corrected chi connectivity index (χ1v) is 10.1. The second-order valence-corrected chi connectivity index (χ2v) is 8.58. The molecule has 3 rings (SSSR count). The number of sulfone groups is 1. The van der Waals surface area contributed by atoms with Gasteiger partial charge < -0.3 is 9.80 Å². The number of anilines is 1. The number of amides is 1. The molecule has 1 unspecified atom stereocenters. The van der Waals surface area contributed by atoms with Crippen LogP contribution in [0.25, 0.3) is 0 Å². The molecule has 0 spiro atoms. The molecule has 0 aromatic heterocycles. The lowest BCUT2D eigenvalue weighted by atomic mass is 10.2. The van der Waals surface area contributed by atoms with Gasteiger partial charge in [-0.05, 0) is 31.4 Å². The molecule has 1 aromatic rings. The van der Waals surface area contributed by atoms with E-state index in [0.29, 0.717) is 25.9 Å². The molecule has 2 aliphatic heterocycles. The van der Waals surface area contributed by atoms with E-state index < -0.39 is 9.84 Å². The predicted octanol–water partition coefficient (Wildman–Crippen LogP) is 1.47. The average Bonchev–Trinajstić information content (AvgIpc) is 3.09. The lowest BCUT2D eigenvalue weighted by molar-refractivity contribution is -0.132. The quantitative estimate of drug-likeness (QED) is 0.817. The number of hydrogen-bond donors (Lipinski definition) is 0. The van der Waals surface area contributed by atoms with Gasteiger partial charge in [0.05, 0.1) is 11.5 Å². The van der Waals surface area contributed by atoms with Crippen LogP contribution in [0.3, 0.4) is 0 Å². The van der Waals surface area contributed by atoms with Gasteiger partial charge in [-0.3, -0.25) is 4.79 Å². The van der Waals surface area contributed by atoms with Gasteiger partial charge in [0, 0.05) is 37.8 Å². The summed E-state index contributed by atoms with van der Waals surface area (Å²) in [6.45, 7) is 4.16. The largest absolute Gasteiger partial charge is 0.370 e. The molecule has 5 nitrogen and oxygen atoms in total. The summed E-state index contributed by atoms with van der Waals surface area (Å²) in [6.07, 6.45) is 2.05. The van der Waals surface area contributed by atoms with Gasteiger partial charge in [-0.25, -0.2) is 8.42 Å². The van der Waals surface area contributed by atoms with Crippen LogP contribution in [0.5, 0.6) is 0 Å². The summed E-state index contributed by atoms with van der Waals surface area (Å²) in [7, 11) is -2.96. The minimum Gasteiger partial charge on any atom is -0.370 e. The SMILES string of the molecule is CCN(C(=O)CCN1CCc2ccccc21)C1CCS(=O)(=O)C1. The Hall–Kier alpha value is -1.56. The molecule has 0 N–H and O–H groups in total. The Kier molecular flexibility index (Phi) is 4.62. The van der Waals surface area contributed by atoms with Crippen LogP contribution in [-0.4, -0.2) is 56.4 Å². The fraction of sp³-hybridized carbons (Fsp3) is 0.588. The van der Waals surface area contributed by atoms with E-state index in [1.165, 1.54) is 11.3 Å². The van der Waals surface area contributed by atoms with Crippen molar-refractivity contribution in [1.82, 2.24) is 4.90 Å². The van der Waals surface area contributed by atoms with Gasteiger partial charge in [-0.15, -0.1) is 0 Å². The third kappa shape index (κ3) is 3.52. The number of nitrogens with zero attached hydrogens (tertiary/aromatic N) is 2. The average molecular weight is 336 g/mol. The Bertz CT molecular complexity index is 687. The summed E-state index contributed by atoms with van der Waals surface area (Å²) in [4.78, 5) is 16.6. The van der Waals surface area contributed by atoms with E-state index in [1.54, 1.807) is 4.90 Å². The van der Waals surface area contributed by atoms with Crippen LogP contribution in [0.1, 0.15) is 25.3 Å². The zero-order chi connectivity index (χ0) is 16.4. The first kappa shape index (κ1) is 16.3. The topological polar surface area (TPSA) is 57.7 Å². The molecule has 1 atom stereocenters. The van der Waals surface area contributed by atoms with E-state index in [0.717, 1.165) is 13.0 Å². The molecule has 23 heavy (non-hydrogen) atoms. The molecule has 0 aliphatic carbocycles. The molecule has 2 heterocycles. The van der Waals surface area contributed by atoms with Gasteiger partial charge in [0.15, 0.2) is 9.84 Å². The van der Waals surface area contributed by atoms with Gasteiger partial charge in [-0.1, -0.05) is 18.2 Å². The van der Waals surface area contributed by atoms with Crippen molar-refractivity contribution in [2.45, 2.75) is 32.2 Å². The van der Waals surface area contributed by atoms with Crippen molar-refractivity contribution >= 4 is 21.4 Å². The molecule has 0 saturated carbocycles. The highest BCUT2D eigenvalue weighted by atomic mass is 32.2. The Morgan fingerprint density at radius 3 is 2.83 bits per heavy atom. The van der Waals surface area contributed by atoms with Gasteiger partial charge in [-0.2, -0.15) is 0 Å². The van der Waals surface area contributed by atoms with Gasteiger partial charge in [0.2, 0.25) is 5.91 Å². The summed E-state index contributed by atoms with van der Waals surface area (Å²) in [6, 6.07) is 8.18. The van der Waals surface area contributed by atoms with Gasteiger partial charge in [0.1, 0.15) is 0 Å². The monoisotopic (exact) mass is 336 g/mol. The van der Waals surface area contributed by atoms with E-state index in [4.69, 9.17) is 0 Å². The van der Waals surface area contributed by atoms with Crippen molar-refractivity contribution in [1.29, 1.82) is 0 Å². The fourth-order valence-corrected chi connectivity index (χ4v) is 5.40. The number of carbonyl (C=O) groups is 1. The minimum absolute atomic E-state index is 0.0685. The van der Waals surface area contributed by atoms with Crippen molar-refractivity contribution in [3.8, 4) is 0 Å². The van der Waals surface area contributed by atoms with E-state index in [9.17, 15) is 13.2 Å². The molecule has 2 aliphatic rings. The summed E-state index contributed by atoms with van der Waals surface area (Å²) in [5.41, 5.74) is 2.57. The second kappa shape index (κ2) is 6.51. The maximum atomic E-state index is 12.5. The predicted molar refractivity (Wildman–Crippen MR) is 91.4 cm³/mol. The normalized spacial score (nSPS) is 22.1. The maximum absolute atomic E-state index is 12.5. The zero-order valence-electron chi connectivity index (χ0n) is 13.6. The van der Waals surface area contributed by atoms with Crippen molar-refractivity contribution in [3.05, 3.63) is 29.8 Å². The smallest absolute Gasteiger partial charge is 0.224 e. The lowest BCUT2D eigenvalue weighted by Gasteiger charge is -2.28. The Labute approximate surface area is 138 Å². The van der Waals surface area contributed by atoms with Crippen molar-refractivity contribution in [3.63, 3.8) is 0 Å². The molecular formula is C17H24N2O3S. The molecule has 6 heteroatoms. The Morgan fingerprint density at radius 1 is 1.35 bits per heavy atom. The summed E-state index contributed by atoms with van der Waals surface area (Å²) >= 11 is 0. The number of carbonyl (C=O) groups excluding carboxylic acids is 1. The third-order valence-electron chi connectivity index (χ3n) is 4.89. The molecular weight excluding hydrogens is 312 g/mol. The van der Waals surface area contributed by atoms with Crippen LogP contribution in [-0.2, 0) is 21.1 Å². The second-order valence-electron chi connectivity index (χ2n) is 6.35. The standard InChI is InChI=1S/C17H24N2O3S/c1-2-19(15-9-12-23(21,22)13-15)17(20)8-11-18-10-7-14-5-3-4-6-16(14)18/h3-6,15H,2,7-13H2,1H3. The van der Waals surface area contributed by atoms with E-state index >= 15 is 0 Å². The van der Waals surface area contributed by atoms with Crippen molar-refractivity contribution in [2.24, 2.45) is 0 Å². The van der Waals surface area contributed by atoms with E-state index in [2.05, 4.69) is 17.0 Å². The molecule has 0 bridgehead atoms. The highest BCUT2D eigenvalue weighted by Crippen LogP contribution is 2.27. The van der Waals surface area contributed by atoms with Crippen LogP contribution >= 0.6 is 0 Å². The highest BCUT2D eigenvalue weighted by molar-refractivity contribution is 7.91. The maximum Gasteiger partial charge on any atom is 0.224 e. The summed E-state index contributed by atoms with van der Waals surface area (Å²) in [5.74, 6) is 0.402. The molecule has 1 amide bonds. The van der Waals surface area contributed by atoms with Crippen LogP contribution in [0.4, 0.5) is 5.69 Å². The summed E-state index contributed by atoms with van der Waals surface area (Å²) < 4.78 is 23.3. The van der Waals surface area contributed by atoms with Crippen LogP contribution in [0.15, 0.2) is 24.3 Å². The molecule has 1 saturated heterocycles. The number of rotatable bonds is 5. The fourth-order valence-electron chi connectivity index (χ4n) is 3.67. The number of para-hydroxylation sites is 1. The number of hydrogen-bond acceptors (Lipinski definition) is 4. The van der Waals surface area contributed by atoms with Crippen LogP contribution in [0, 0.1) is 0 Å². The summed E-state index contributed by atoms with van der Waals surface area (Å²) in [5, 5.41) is 0. The Balaban J connectivity index is 1.59. The molecule has 1 aromatic carbocycles. The number of benzene rings is 1. The number of fused-ring (bicyclic) bond motifs is 1. The minimum atomic E-state index is -2.96. The van der Waals surface area contributed by atoms with Crippen molar-refractivity contribution in [2.75, 3.05) is 36.0 Å². The Morgan fingerprint density at radius 2 is 2.13 bits per heavy atom. The molecule has 1 fully saturated rings. The lowest BCUT2D eigenvalue weighted by Crippen LogP contribution is -2.42.